The van der Waals surface area contributed by atoms with E-state index in [1.807, 2.05) is 18.2 Å². The molecule has 150 valence electrons. The van der Waals surface area contributed by atoms with Crippen LogP contribution in [0.2, 0.25) is 0 Å². The Morgan fingerprint density at radius 2 is 1.77 bits per heavy atom. The highest BCUT2D eigenvalue weighted by molar-refractivity contribution is 6.21. The van der Waals surface area contributed by atoms with E-state index in [1.165, 1.54) is 11.2 Å². The Bertz CT molecular complexity index is 1290. The molecule has 30 heavy (non-hydrogen) atoms. The van der Waals surface area contributed by atoms with Gasteiger partial charge in [-0.2, -0.15) is 0 Å². The van der Waals surface area contributed by atoms with Crippen molar-refractivity contribution in [2.75, 3.05) is 0 Å². The molecule has 0 saturated carbocycles. The second kappa shape index (κ2) is 6.42. The van der Waals surface area contributed by atoms with Gasteiger partial charge in [-0.05, 0) is 53.4 Å². The quantitative estimate of drug-likeness (QED) is 0.443. The molecule has 2 amide bonds. The fraction of sp³-hybridized carbons (Fsp3) is 0.208. The van der Waals surface area contributed by atoms with Crippen LogP contribution in [0.15, 0.2) is 63.6 Å². The molecule has 4 aromatic rings. The van der Waals surface area contributed by atoms with Gasteiger partial charge in [0.05, 0.1) is 23.9 Å². The summed E-state index contributed by atoms with van der Waals surface area (Å²) in [5.74, 6) is 0.298. The van der Waals surface area contributed by atoms with Gasteiger partial charge in [0.2, 0.25) is 5.89 Å². The van der Waals surface area contributed by atoms with E-state index in [2.05, 4.69) is 25.8 Å². The van der Waals surface area contributed by atoms with Crippen molar-refractivity contribution in [1.82, 2.24) is 9.88 Å². The van der Waals surface area contributed by atoms with E-state index in [-0.39, 0.29) is 23.8 Å². The summed E-state index contributed by atoms with van der Waals surface area (Å²) in [6, 6.07) is 14.5. The number of oxazole rings is 1. The molecule has 6 nitrogen and oxygen atoms in total. The Hall–Kier alpha value is -3.67. The maximum atomic E-state index is 12.9. The number of hydrogen-bond donors (Lipinski definition) is 0. The first-order valence-electron chi connectivity index (χ1n) is 9.75. The summed E-state index contributed by atoms with van der Waals surface area (Å²) >= 11 is 0. The van der Waals surface area contributed by atoms with Crippen molar-refractivity contribution in [3.63, 3.8) is 0 Å². The number of hydrogen-bond acceptors (Lipinski definition) is 5. The molecule has 0 bridgehead atoms. The zero-order valence-electron chi connectivity index (χ0n) is 16.9. The molecule has 0 fully saturated rings. The van der Waals surface area contributed by atoms with E-state index >= 15 is 0 Å². The second-order valence-electron chi connectivity index (χ2n) is 8.49. The van der Waals surface area contributed by atoms with Crippen LogP contribution in [0.1, 0.15) is 52.8 Å². The minimum atomic E-state index is -0.348. The van der Waals surface area contributed by atoms with Gasteiger partial charge >= 0.3 is 0 Å². The van der Waals surface area contributed by atoms with Gasteiger partial charge < -0.3 is 8.83 Å². The van der Waals surface area contributed by atoms with E-state index in [1.54, 1.807) is 30.3 Å². The number of imide groups is 1. The summed E-state index contributed by atoms with van der Waals surface area (Å²) in [4.78, 5) is 31.3. The van der Waals surface area contributed by atoms with Crippen molar-refractivity contribution in [2.24, 2.45) is 0 Å². The third-order valence-corrected chi connectivity index (χ3v) is 5.37. The molecule has 5 rings (SSSR count). The largest absolute Gasteiger partial charge is 0.467 e. The smallest absolute Gasteiger partial charge is 0.261 e. The number of rotatable bonds is 3. The van der Waals surface area contributed by atoms with Crippen LogP contribution >= 0.6 is 0 Å². The van der Waals surface area contributed by atoms with Crippen molar-refractivity contribution < 1.29 is 18.4 Å². The molecule has 2 aromatic carbocycles. The molecule has 0 radical (unpaired) electrons. The molecule has 6 heteroatoms. The predicted molar refractivity (Wildman–Crippen MR) is 111 cm³/mol. The van der Waals surface area contributed by atoms with Crippen molar-refractivity contribution in [2.45, 2.75) is 32.7 Å². The predicted octanol–water partition coefficient (Wildman–Crippen LogP) is 5.18. The highest BCUT2D eigenvalue weighted by Gasteiger charge is 2.36. The highest BCUT2D eigenvalue weighted by Crippen LogP contribution is 2.32. The topological polar surface area (TPSA) is 76.6 Å². The van der Waals surface area contributed by atoms with Crippen molar-refractivity contribution >= 4 is 22.9 Å². The summed E-state index contributed by atoms with van der Waals surface area (Å²) < 4.78 is 11.2. The van der Waals surface area contributed by atoms with Crippen LogP contribution in [0, 0.1) is 0 Å². The van der Waals surface area contributed by atoms with Crippen LogP contribution in [0.3, 0.4) is 0 Å². The maximum Gasteiger partial charge on any atom is 0.261 e. The van der Waals surface area contributed by atoms with Crippen molar-refractivity contribution in [3.05, 3.63) is 77.2 Å². The molecule has 0 aliphatic carbocycles. The first kappa shape index (κ1) is 18.4. The first-order chi connectivity index (χ1) is 14.3. The van der Waals surface area contributed by atoms with Crippen molar-refractivity contribution in [1.29, 1.82) is 0 Å². The van der Waals surface area contributed by atoms with Gasteiger partial charge in [-0.25, -0.2) is 4.98 Å². The Morgan fingerprint density at radius 1 is 0.967 bits per heavy atom. The Labute approximate surface area is 173 Å². The molecule has 0 spiro atoms. The summed E-state index contributed by atoms with van der Waals surface area (Å²) in [6.45, 7) is 6.54. The molecule has 1 aliphatic heterocycles. The molecule has 0 N–H and O–H groups in total. The Kier molecular flexibility index (Phi) is 3.93. The number of carbonyl (C=O) groups excluding carboxylic acids is 2. The van der Waals surface area contributed by atoms with Crippen molar-refractivity contribution in [3.8, 4) is 11.5 Å². The van der Waals surface area contributed by atoms with Gasteiger partial charge in [-0.1, -0.05) is 26.8 Å². The zero-order chi connectivity index (χ0) is 21.0. The monoisotopic (exact) mass is 400 g/mol. The van der Waals surface area contributed by atoms with Crippen LogP contribution in [0.5, 0.6) is 0 Å². The number of aromatic nitrogens is 1. The Balaban J connectivity index is 1.50. The molecule has 3 heterocycles. The molecule has 1 aliphatic rings. The minimum Gasteiger partial charge on any atom is -0.467 e. The number of amides is 2. The molecule has 0 saturated heterocycles. The Morgan fingerprint density at radius 3 is 2.50 bits per heavy atom. The lowest BCUT2D eigenvalue weighted by molar-refractivity contribution is 0.0631. The van der Waals surface area contributed by atoms with Gasteiger partial charge in [0.15, 0.2) is 5.58 Å². The lowest BCUT2D eigenvalue weighted by Gasteiger charge is -2.18. The van der Waals surface area contributed by atoms with Gasteiger partial charge in [0, 0.05) is 5.56 Å². The van der Waals surface area contributed by atoms with E-state index in [9.17, 15) is 9.59 Å². The fourth-order valence-corrected chi connectivity index (χ4v) is 3.64. The van der Waals surface area contributed by atoms with Crippen LogP contribution in [-0.2, 0) is 12.0 Å². The summed E-state index contributed by atoms with van der Waals surface area (Å²) in [5, 5.41) is 0. The lowest BCUT2D eigenvalue weighted by atomic mass is 9.87. The molecule has 0 atom stereocenters. The lowest BCUT2D eigenvalue weighted by Crippen LogP contribution is -2.28. The average molecular weight is 400 g/mol. The molecular weight excluding hydrogens is 380 g/mol. The van der Waals surface area contributed by atoms with Gasteiger partial charge in [-0.3, -0.25) is 14.5 Å². The van der Waals surface area contributed by atoms with Crippen LogP contribution in [0.25, 0.3) is 22.6 Å². The third-order valence-electron chi connectivity index (χ3n) is 5.37. The normalized spacial score (nSPS) is 14.0. The van der Waals surface area contributed by atoms with Crippen LogP contribution in [0.4, 0.5) is 0 Å². The number of nitrogens with zero attached hydrogens (tertiary/aromatic N) is 2. The molecular formula is C24H20N2O4. The number of benzene rings is 2. The van der Waals surface area contributed by atoms with Crippen LogP contribution < -0.4 is 0 Å². The minimum absolute atomic E-state index is 0.00506. The van der Waals surface area contributed by atoms with Gasteiger partial charge in [0.1, 0.15) is 11.3 Å². The molecule has 0 unspecified atom stereocenters. The summed E-state index contributed by atoms with van der Waals surface area (Å²) in [6.07, 6.45) is 1.52. The van der Waals surface area contributed by atoms with E-state index < -0.39 is 0 Å². The fourth-order valence-electron chi connectivity index (χ4n) is 3.64. The van der Waals surface area contributed by atoms with E-state index in [4.69, 9.17) is 8.83 Å². The highest BCUT2D eigenvalue weighted by atomic mass is 16.3. The summed E-state index contributed by atoms with van der Waals surface area (Å²) in [5.41, 5.74) is 4.00. The number of fused-ring (bicyclic) bond motifs is 2. The van der Waals surface area contributed by atoms with Gasteiger partial charge in [0.25, 0.3) is 11.8 Å². The average Bonchev–Trinajstić information content (AvgIpc) is 3.42. The maximum absolute atomic E-state index is 12.9. The number of carbonyl (C=O) groups is 2. The summed E-state index contributed by atoms with van der Waals surface area (Å²) in [7, 11) is 0. The van der Waals surface area contributed by atoms with E-state index in [0.717, 1.165) is 11.1 Å². The zero-order valence-corrected chi connectivity index (χ0v) is 16.9. The third kappa shape index (κ3) is 2.92. The van der Waals surface area contributed by atoms with Crippen LogP contribution in [-0.4, -0.2) is 21.7 Å². The molecule has 2 aromatic heterocycles. The standard InChI is InChI=1S/C24H20N2O4/c1-24(2,3)15-7-9-20-19(12-15)25-21(30-20)14-6-8-17-18(11-14)23(28)26(22(17)27)13-16-5-4-10-29-16/h4-12H,13H2,1-3H3. The SMILES string of the molecule is CC(C)(C)c1ccc2oc(-c3ccc4c(c3)C(=O)N(Cc3ccco3)C4=O)nc2c1. The second-order valence-corrected chi connectivity index (χ2v) is 8.49. The van der Waals surface area contributed by atoms with E-state index in [0.29, 0.717) is 33.9 Å². The van der Waals surface area contributed by atoms with Gasteiger partial charge in [-0.15, -0.1) is 0 Å². The first-order valence-corrected chi connectivity index (χ1v) is 9.75. The number of furan rings is 1.